The van der Waals surface area contributed by atoms with E-state index in [1.54, 1.807) is 0 Å². The first-order valence-electron chi connectivity index (χ1n) is 6.91. The Bertz CT molecular complexity index is 371. The predicted octanol–water partition coefficient (Wildman–Crippen LogP) is 3.43. The van der Waals surface area contributed by atoms with Gasteiger partial charge in [-0.3, -0.25) is 0 Å². The van der Waals surface area contributed by atoms with Crippen molar-refractivity contribution in [1.29, 1.82) is 0 Å². The van der Waals surface area contributed by atoms with Crippen LogP contribution in [0.1, 0.15) is 50.1 Å². The van der Waals surface area contributed by atoms with Gasteiger partial charge in [-0.2, -0.15) is 0 Å². The molecule has 92 valence electrons. The lowest BCUT2D eigenvalue weighted by Crippen LogP contribution is -2.36. The van der Waals surface area contributed by atoms with Crippen molar-refractivity contribution in [1.82, 2.24) is 5.32 Å². The second kappa shape index (κ2) is 5.09. The van der Waals surface area contributed by atoms with Crippen LogP contribution < -0.4 is 10.1 Å². The van der Waals surface area contributed by atoms with E-state index in [2.05, 4.69) is 29.6 Å². The lowest BCUT2D eigenvalue weighted by atomic mass is 9.92. The molecule has 1 saturated carbocycles. The minimum atomic E-state index is 0.503. The molecule has 1 aromatic rings. The Balaban J connectivity index is 1.71. The lowest BCUT2D eigenvalue weighted by molar-refractivity contribution is 0.233. The Kier molecular flexibility index (Phi) is 3.32. The molecule has 17 heavy (non-hydrogen) atoms. The highest BCUT2D eigenvalue weighted by Gasteiger charge is 2.24. The van der Waals surface area contributed by atoms with Gasteiger partial charge in [0.25, 0.3) is 0 Å². The highest BCUT2D eigenvalue weighted by molar-refractivity contribution is 5.37. The highest BCUT2D eigenvalue weighted by Crippen LogP contribution is 2.33. The number of fused-ring (bicyclic) bond motifs is 1. The van der Waals surface area contributed by atoms with Crippen LogP contribution in [0, 0.1) is 0 Å². The Hall–Kier alpha value is -1.02. The number of rotatable bonds is 2. The Morgan fingerprint density at radius 2 is 1.82 bits per heavy atom. The van der Waals surface area contributed by atoms with Crippen LogP contribution >= 0.6 is 0 Å². The van der Waals surface area contributed by atoms with Gasteiger partial charge in [-0.1, -0.05) is 37.5 Å². The molecule has 1 aliphatic heterocycles. The smallest absolute Gasteiger partial charge is 0.124 e. The van der Waals surface area contributed by atoms with Crippen LogP contribution in [0.5, 0.6) is 5.75 Å². The molecule has 0 amide bonds. The number of para-hydroxylation sites is 1. The average Bonchev–Trinajstić information content (AvgIpc) is 2.40. The van der Waals surface area contributed by atoms with Gasteiger partial charge < -0.3 is 10.1 Å². The minimum absolute atomic E-state index is 0.503. The Morgan fingerprint density at radius 1 is 1.00 bits per heavy atom. The molecule has 0 radical (unpaired) electrons. The van der Waals surface area contributed by atoms with Crippen LogP contribution in [0.2, 0.25) is 0 Å². The van der Waals surface area contributed by atoms with Gasteiger partial charge in [0.2, 0.25) is 0 Å². The third kappa shape index (κ3) is 2.47. The summed E-state index contributed by atoms with van der Waals surface area (Å²) in [5, 5.41) is 3.83. The molecule has 0 bridgehead atoms. The van der Waals surface area contributed by atoms with Gasteiger partial charge in [0.15, 0.2) is 0 Å². The van der Waals surface area contributed by atoms with Crippen LogP contribution in [0.4, 0.5) is 0 Å². The van der Waals surface area contributed by atoms with Crippen molar-refractivity contribution >= 4 is 0 Å². The molecule has 1 aromatic carbocycles. The standard InChI is InChI=1S/C15H21NO/c1-2-6-12(7-3-1)16-14-10-11-17-15-9-5-4-8-13(14)15/h4-5,8-9,12,14,16H,1-3,6-7,10-11H2. The predicted molar refractivity (Wildman–Crippen MR) is 69.3 cm³/mol. The fourth-order valence-electron chi connectivity index (χ4n) is 3.07. The van der Waals surface area contributed by atoms with Crippen molar-refractivity contribution in [2.45, 2.75) is 50.6 Å². The van der Waals surface area contributed by atoms with Crippen molar-refractivity contribution in [2.24, 2.45) is 0 Å². The summed E-state index contributed by atoms with van der Waals surface area (Å²) < 4.78 is 5.70. The SMILES string of the molecule is c1ccc2c(c1)OCCC2NC1CCCCC1. The second-order valence-electron chi connectivity index (χ2n) is 5.23. The number of nitrogens with one attached hydrogen (secondary N) is 1. The fourth-order valence-corrected chi connectivity index (χ4v) is 3.07. The van der Waals surface area contributed by atoms with Crippen molar-refractivity contribution in [3.8, 4) is 5.75 Å². The molecule has 1 aliphatic carbocycles. The van der Waals surface area contributed by atoms with E-state index in [-0.39, 0.29) is 0 Å². The summed E-state index contributed by atoms with van der Waals surface area (Å²) >= 11 is 0. The molecule has 0 spiro atoms. The molecule has 2 nitrogen and oxygen atoms in total. The van der Waals surface area contributed by atoms with Crippen LogP contribution in [-0.4, -0.2) is 12.6 Å². The summed E-state index contributed by atoms with van der Waals surface area (Å²) in [5.41, 5.74) is 1.35. The Morgan fingerprint density at radius 3 is 2.71 bits per heavy atom. The summed E-state index contributed by atoms with van der Waals surface area (Å²) in [6.45, 7) is 0.849. The van der Waals surface area contributed by atoms with E-state index in [0.717, 1.165) is 24.8 Å². The average molecular weight is 231 g/mol. The molecular formula is C15H21NO. The molecule has 3 rings (SSSR count). The third-order valence-corrected chi connectivity index (χ3v) is 4.00. The molecule has 0 aromatic heterocycles. The van der Waals surface area contributed by atoms with E-state index in [1.165, 1.54) is 37.7 Å². The molecular weight excluding hydrogens is 210 g/mol. The first-order valence-corrected chi connectivity index (χ1v) is 6.91. The zero-order valence-corrected chi connectivity index (χ0v) is 10.3. The summed E-state index contributed by atoms with van der Waals surface area (Å²) in [7, 11) is 0. The van der Waals surface area contributed by atoms with Crippen LogP contribution in [0.3, 0.4) is 0 Å². The maximum Gasteiger partial charge on any atom is 0.124 e. The summed E-state index contributed by atoms with van der Waals surface area (Å²) in [4.78, 5) is 0. The van der Waals surface area contributed by atoms with E-state index < -0.39 is 0 Å². The summed E-state index contributed by atoms with van der Waals surface area (Å²) in [6, 6.07) is 9.69. The zero-order chi connectivity index (χ0) is 11.5. The number of benzene rings is 1. The molecule has 1 atom stereocenters. The topological polar surface area (TPSA) is 21.3 Å². The van der Waals surface area contributed by atoms with Gasteiger partial charge in [-0.05, 0) is 18.9 Å². The molecule has 2 heteroatoms. The molecule has 2 aliphatic rings. The molecule has 0 saturated heterocycles. The molecule has 1 unspecified atom stereocenters. The van der Waals surface area contributed by atoms with E-state index in [9.17, 15) is 0 Å². The number of ether oxygens (including phenoxy) is 1. The normalized spacial score (nSPS) is 25.1. The van der Waals surface area contributed by atoms with Crippen LogP contribution in [0.25, 0.3) is 0 Å². The quantitative estimate of drug-likeness (QED) is 0.842. The third-order valence-electron chi connectivity index (χ3n) is 4.00. The van der Waals surface area contributed by atoms with Gasteiger partial charge in [-0.15, -0.1) is 0 Å². The van der Waals surface area contributed by atoms with Gasteiger partial charge in [0.05, 0.1) is 6.61 Å². The maximum atomic E-state index is 5.70. The van der Waals surface area contributed by atoms with Crippen molar-refractivity contribution in [2.75, 3.05) is 6.61 Å². The van der Waals surface area contributed by atoms with Crippen LogP contribution in [0.15, 0.2) is 24.3 Å². The maximum absolute atomic E-state index is 5.70. The fraction of sp³-hybridized carbons (Fsp3) is 0.600. The van der Waals surface area contributed by atoms with E-state index in [1.807, 2.05) is 0 Å². The first-order chi connectivity index (χ1) is 8.43. The van der Waals surface area contributed by atoms with Crippen LogP contribution in [-0.2, 0) is 0 Å². The van der Waals surface area contributed by atoms with E-state index in [0.29, 0.717) is 6.04 Å². The van der Waals surface area contributed by atoms with Crippen molar-refractivity contribution in [3.05, 3.63) is 29.8 Å². The highest BCUT2D eigenvalue weighted by atomic mass is 16.5. The monoisotopic (exact) mass is 231 g/mol. The second-order valence-corrected chi connectivity index (χ2v) is 5.23. The molecule has 1 heterocycles. The molecule has 1 fully saturated rings. The van der Waals surface area contributed by atoms with Gasteiger partial charge >= 0.3 is 0 Å². The zero-order valence-electron chi connectivity index (χ0n) is 10.3. The number of hydrogen-bond donors (Lipinski definition) is 1. The van der Waals surface area contributed by atoms with Gasteiger partial charge in [0, 0.05) is 24.1 Å². The summed E-state index contributed by atoms with van der Waals surface area (Å²) in [6.07, 6.45) is 8.00. The first kappa shape index (κ1) is 11.1. The molecule has 1 N–H and O–H groups in total. The van der Waals surface area contributed by atoms with Gasteiger partial charge in [-0.25, -0.2) is 0 Å². The van der Waals surface area contributed by atoms with E-state index >= 15 is 0 Å². The summed E-state index contributed by atoms with van der Waals surface area (Å²) in [5.74, 6) is 1.08. The van der Waals surface area contributed by atoms with Crippen molar-refractivity contribution < 1.29 is 4.74 Å². The lowest BCUT2D eigenvalue weighted by Gasteiger charge is -2.32. The van der Waals surface area contributed by atoms with E-state index in [4.69, 9.17) is 4.74 Å². The number of hydrogen-bond acceptors (Lipinski definition) is 2. The largest absolute Gasteiger partial charge is 0.493 e. The van der Waals surface area contributed by atoms with Crippen molar-refractivity contribution in [3.63, 3.8) is 0 Å². The Labute approximate surface area is 103 Å². The van der Waals surface area contributed by atoms with Gasteiger partial charge in [0.1, 0.15) is 5.75 Å². The minimum Gasteiger partial charge on any atom is -0.493 e.